The van der Waals surface area contributed by atoms with Gasteiger partial charge in [-0.05, 0) is 31.4 Å². The molecule has 126 valence electrons. The fourth-order valence-corrected chi connectivity index (χ4v) is 2.80. The molecule has 0 atom stereocenters. The molecule has 0 unspecified atom stereocenters. The van der Waals surface area contributed by atoms with E-state index in [1.807, 2.05) is 4.90 Å². The third-order valence-corrected chi connectivity index (χ3v) is 4.20. The molecule has 1 fully saturated rings. The Kier molecular flexibility index (Phi) is 7.04. The van der Waals surface area contributed by atoms with Crippen LogP contribution in [0.15, 0.2) is 18.3 Å². The molecule has 0 bridgehead atoms. The molecule has 0 radical (unpaired) electrons. The average molecular weight is 317 g/mol. The summed E-state index contributed by atoms with van der Waals surface area (Å²) in [4.78, 5) is 30.7. The van der Waals surface area contributed by atoms with Gasteiger partial charge < -0.3 is 10.2 Å². The SMILES string of the molecule is CCCCCNC(=O)c1ccnc(C(=O)N2CCCCCC2)c1. The van der Waals surface area contributed by atoms with Crippen LogP contribution in [0.3, 0.4) is 0 Å². The highest BCUT2D eigenvalue weighted by molar-refractivity contribution is 5.98. The summed E-state index contributed by atoms with van der Waals surface area (Å²) in [6.45, 7) is 4.37. The van der Waals surface area contributed by atoms with E-state index >= 15 is 0 Å². The van der Waals surface area contributed by atoms with Crippen LogP contribution in [-0.2, 0) is 0 Å². The lowest BCUT2D eigenvalue weighted by Gasteiger charge is -2.19. The Bertz CT molecular complexity index is 523. The van der Waals surface area contributed by atoms with Crippen molar-refractivity contribution in [2.24, 2.45) is 0 Å². The van der Waals surface area contributed by atoms with Gasteiger partial charge in [-0.3, -0.25) is 14.6 Å². The molecule has 5 heteroatoms. The molecule has 1 N–H and O–H groups in total. The maximum atomic E-state index is 12.6. The monoisotopic (exact) mass is 317 g/mol. The summed E-state index contributed by atoms with van der Waals surface area (Å²) in [6.07, 6.45) is 9.20. The van der Waals surface area contributed by atoms with Crippen LogP contribution in [0.5, 0.6) is 0 Å². The molecule has 1 saturated heterocycles. The molecule has 1 aliphatic heterocycles. The van der Waals surface area contributed by atoms with Crippen LogP contribution in [0.25, 0.3) is 0 Å². The highest BCUT2D eigenvalue weighted by atomic mass is 16.2. The lowest BCUT2D eigenvalue weighted by molar-refractivity contribution is 0.0755. The van der Waals surface area contributed by atoms with Crippen LogP contribution < -0.4 is 5.32 Å². The highest BCUT2D eigenvalue weighted by Gasteiger charge is 2.19. The van der Waals surface area contributed by atoms with E-state index in [2.05, 4.69) is 17.2 Å². The lowest BCUT2D eigenvalue weighted by Crippen LogP contribution is -2.33. The van der Waals surface area contributed by atoms with Crippen molar-refractivity contribution in [1.82, 2.24) is 15.2 Å². The number of carbonyl (C=O) groups is 2. The molecule has 2 rings (SSSR count). The molecule has 2 heterocycles. The first kappa shape index (κ1) is 17.4. The lowest BCUT2D eigenvalue weighted by atomic mass is 10.2. The first-order chi connectivity index (χ1) is 11.2. The van der Waals surface area contributed by atoms with Crippen LogP contribution in [0.1, 0.15) is 72.7 Å². The largest absolute Gasteiger partial charge is 0.352 e. The number of hydrogen-bond acceptors (Lipinski definition) is 3. The van der Waals surface area contributed by atoms with Gasteiger partial charge in [-0.25, -0.2) is 0 Å². The molecule has 0 aliphatic carbocycles. The minimum Gasteiger partial charge on any atom is -0.352 e. The van der Waals surface area contributed by atoms with Gasteiger partial charge in [0.1, 0.15) is 5.69 Å². The Morgan fingerprint density at radius 3 is 2.61 bits per heavy atom. The van der Waals surface area contributed by atoms with Crippen molar-refractivity contribution in [2.75, 3.05) is 19.6 Å². The van der Waals surface area contributed by atoms with Crippen molar-refractivity contribution < 1.29 is 9.59 Å². The quantitative estimate of drug-likeness (QED) is 0.820. The summed E-state index contributed by atoms with van der Waals surface area (Å²) in [5.41, 5.74) is 0.878. The Morgan fingerprint density at radius 2 is 1.91 bits per heavy atom. The van der Waals surface area contributed by atoms with Crippen LogP contribution >= 0.6 is 0 Å². The highest BCUT2D eigenvalue weighted by Crippen LogP contribution is 2.13. The van der Waals surface area contributed by atoms with Gasteiger partial charge in [0.2, 0.25) is 0 Å². The second-order valence-corrected chi connectivity index (χ2v) is 6.10. The van der Waals surface area contributed by atoms with Crippen LogP contribution in [0.2, 0.25) is 0 Å². The third kappa shape index (κ3) is 5.34. The smallest absolute Gasteiger partial charge is 0.272 e. The van der Waals surface area contributed by atoms with Gasteiger partial charge in [-0.2, -0.15) is 0 Å². The van der Waals surface area contributed by atoms with Gasteiger partial charge in [0, 0.05) is 31.4 Å². The molecular formula is C18H27N3O2. The molecule has 1 aromatic rings. The normalized spacial score (nSPS) is 15.1. The summed E-state index contributed by atoms with van der Waals surface area (Å²) < 4.78 is 0. The predicted octanol–water partition coefficient (Wildman–Crippen LogP) is 3.02. The van der Waals surface area contributed by atoms with Gasteiger partial charge in [0.05, 0.1) is 0 Å². The summed E-state index contributed by atoms with van der Waals surface area (Å²) in [7, 11) is 0. The minimum atomic E-state index is -0.131. The number of unbranched alkanes of at least 4 members (excludes halogenated alkanes) is 2. The summed E-state index contributed by atoms with van der Waals surface area (Å²) in [5, 5.41) is 2.90. The second kappa shape index (κ2) is 9.28. The number of hydrogen-bond donors (Lipinski definition) is 1. The van der Waals surface area contributed by atoms with Crippen LogP contribution in [0, 0.1) is 0 Å². The maximum Gasteiger partial charge on any atom is 0.272 e. The van der Waals surface area contributed by atoms with E-state index in [1.54, 1.807) is 18.3 Å². The van der Waals surface area contributed by atoms with Crippen LogP contribution in [-0.4, -0.2) is 41.3 Å². The fraction of sp³-hybridized carbons (Fsp3) is 0.611. The van der Waals surface area contributed by atoms with Crippen molar-refractivity contribution in [1.29, 1.82) is 0 Å². The van der Waals surface area contributed by atoms with Crippen molar-refractivity contribution in [2.45, 2.75) is 51.9 Å². The van der Waals surface area contributed by atoms with Gasteiger partial charge in [0.15, 0.2) is 0 Å². The van der Waals surface area contributed by atoms with Gasteiger partial charge >= 0.3 is 0 Å². The van der Waals surface area contributed by atoms with E-state index in [0.29, 0.717) is 17.8 Å². The Balaban J connectivity index is 1.97. The molecule has 0 saturated carbocycles. The summed E-state index contributed by atoms with van der Waals surface area (Å²) in [5.74, 6) is -0.194. The maximum absolute atomic E-state index is 12.6. The van der Waals surface area contributed by atoms with Crippen molar-refractivity contribution >= 4 is 11.8 Å². The molecule has 5 nitrogen and oxygen atoms in total. The van der Waals surface area contributed by atoms with E-state index in [-0.39, 0.29) is 11.8 Å². The number of likely N-dealkylation sites (tertiary alicyclic amines) is 1. The molecule has 1 aromatic heterocycles. The number of rotatable bonds is 6. The first-order valence-electron chi connectivity index (χ1n) is 8.76. The van der Waals surface area contributed by atoms with Crippen LogP contribution in [0.4, 0.5) is 0 Å². The Morgan fingerprint density at radius 1 is 1.17 bits per heavy atom. The number of nitrogens with zero attached hydrogens (tertiary/aromatic N) is 2. The number of pyridine rings is 1. The molecule has 2 amide bonds. The number of carbonyl (C=O) groups excluding carboxylic acids is 2. The summed E-state index contributed by atoms with van der Waals surface area (Å²) in [6, 6.07) is 3.27. The number of amides is 2. The Hall–Kier alpha value is -1.91. The van der Waals surface area contributed by atoms with E-state index in [1.165, 1.54) is 12.8 Å². The van der Waals surface area contributed by atoms with E-state index in [4.69, 9.17) is 0 Å². The topological polar surface area (TPSA) is 62.3 Å². The molecule has 0 spiro atoms. The average Bonchev–Trinajstić information content (AvgIpc) is 2.87. The summed E-state index contributed by atoms with van der Waals surface area (Å²) >= 11 is 0. The zero-order valence-electron chi connectivity index (χ0n) is 14.0. The fourth-order valence-electron chi connectivity index (χ4n) is 2.80. The first-order valence-corrected chi connectivity index (χ1v) is 8.76. The van der Waals surface area contributed by atoms with E-state index in [9.17, 15) is 9.59 Å². The van der Waals surface area contributed by atoms with Gasteiger partial charge in [-0.15, -0.1) is 0 Å². The Labute approximate surface area is 138 Å². The standard InChI is InChI=1S/C18H27N3O2/c1-2-3-6-10-20-17(22)15-9-11-19-16(14-15)18(23)21-12-7-4-5-8-13-21/h9,11,14H,2-8,10,12-13H2,1H3,(H,20,22). The van der Waals surface area contributed by atoms with E-state index < -0.39 is 0 Å². The van der Waals surface area contributed by atoms with Crippen molar-refractivity contribution in [3.63, 3.8) is 0 Å². The molecule has 1 aliphatic rings. The zero-order valence-corrected chi connectivity index (χ0v) is 14.0. The zero-order chi connectivity index (χ0) is 16.5. The second-order valence-electron chi connectivity index (χ2n) is 6.10. The van der Waals surface area contributed by atoms with Crippen molar-refractivity contribution in [3.05, 3.63) is 29.6 Å². The number of aromatic nitrogens is 1. The molecular weight excluding hydrogens is 290 g/mol. The van der Waals surface area contributed by atoms with Gasteiger partial charge in [-0.1, -0.05) is 32.6 Å². The molecule has 0 aromatic carbocycles. The predicted molar refractivity (Wildman–Crippen MR) is 90.5 cm³/mol. The van der Waals surface area contributed by atoms with Crippen molar-refractivity contribution in [3.8, 4) is 0 Å². The third-order valence-electron chi connectivity index (χ3n) is 4.20. The van der Waals surface area contributed by atoms with E-state index in [0.717, 1.165) is 45.2 Å². The number of nitrogens with one attached hydrogen (secondary N) is 1. The molecule has 23 heavy (non-hydrogen) atoms. The minimum absolute atomic E-state index is 0.0625. The van der Waals surface area contributed by atoms with Gasteiger partial charge in [0.25, 0.3) is 11.8 Å².